The van der Waals surface area contributed by atoms with Crippen LogP contribution in [0.4, 0.5) is 32.2 Å². The fraction of sp³-hybridized carbons (Fsp3) is 0.625. The zero-order valence-electron chi connectivity index (χ0n) is 20.6. The molecule has 0 amide bonds. The number of halogens is 7. The first kappa shape index (κ1) is 31.9. The normalized spacial score (nSPS) is 14.4. The van der Waals surface area contributed by atoms with Crippen LogP contribution >= 0.6 is 11.6 Å². The molecule has 0 bridgehead atoms. The van der Waals surface area contributed by atoms with Crippen LogP contribution in [0.5, 0.6) is 5.75 Å². The van der Waals surface area contributed by atoms with E-state index >= 15 is 0 Å². The lowest BCUT2D eigenvalue weighted by molar-refractivity contribution is -0.274. The minimum absolute atomic E-state index is 0.0898. The van der Waals surface area contributed by atoms with Crippen molar-refractivity contribution in [3.8, 4) is 5.75 Å². The summed E-state index contributed by atoms with van der Waals surface area (Å²) >= 11 is 5.54. The quantitative estimate of drug-likeness (QED) is 0.276. The van der Waals surface area contributed by atoms with Crippen LogP contribution in [-0.2, 0) is 0 Å². The predicted molar refractivity (Wildman–Crippen MR) is 126 cm³/mol. The Morgan fingerprint density at radius 1 is 1.06 bits per heavy atom. The number of rotatable bonds is 11. The van der Waals surface area contributed by atoms with Crippen LogP contribution in [-0.4, -0.2) is 29.3 Å². The minimum Gasteiger partial charge on any atom is -0.404 e. The van der Waals surface area contributed by atoms with E-state index in [-0.39, 0.29) is 16.8 Å². The Bertz CT molecular complexity index is 903. The minimum atomic E-state index is -4.77. The molecule has 1 aromatic heterocycles. The van der Waals surface area contributed by atoms with E-state index in [4.69, 9.17) is 21.2 Å². The van der Waals surface area contributed by atoms with Gasteiger partial charge in [-0.15, -0.1) is 13.2 Å². The monoisotopic (exact) mass is 546 g/mol. The Labute approximate surface area is 212 Å². The van der Waals surface area contributed by atoms with E-state index in [2.05, 4.69) is 36.0 Å². The van der Waals surface area contributed by atoms with Crippen molar-refractivity contribution in [1.29, 1.82) is 0 Å². The van der Waals surface area contributed by atoms with Gasteiger partial charge in [0, 0.05) is 12.0 Å². The summed E-state index contributed by atoms with van der Waals surface area (Å²) in [6.45, 7) is 6.85. The van der Waals surface area contributed by atoms with Gasteiger partial charge in [0.05, 0.1) is 16.8 Å². The van der Waals surface area contributed by atoms with E-state index in [0.717, 1.165) is 43.9 Å². The zero-order valence-corrected chi connectivity index (χ0v) is 21.4. The fourth-order valence-corrected chi connectivity index (χ4v) is 3.44. The second-order valence-electron chi connectivity index (χ2n) is 8.57. The number of aromatic nitrogens is 1. The Morgan fingerprint density at radius 3 is 2.22 bits per heavy atom. The van der Waals surface area contributed by atoms with Crippen LogP contribution in [0.3, 0.4) is 0 Å². The van der Waals surface area contributed by atoms with Gasteiger partial charge in [-0.25, -0.2) is 0 Å². The molecule has 1 aromatic carbocycles. The van der Waals surface area contributed by atoms with Crippen molar-refractivity contribution in [3.63, 3.8) is 0 Å². The van der Waals surface area contributed by atoms with Crippen LogP contribution in [0.1, 0.15) is 83.1 Å². The molecule has 36 heavy (non-hydrogen) atoms. The summed E-state index contributed by atoms with van der Waals surface area (Å²) in [5, 5.41) is 15.1. The van der Waals surface area contributed by atoms with E-state index in [1.165, 1.54) is 19.1 Å². The molecular formula is C24H33ClF6N2O3. The van der Waals surface area contributed by atoms with Gasteiger partial charge < -0.3 is 19.7 Å². The van der Waals surface area contributed by atoms with Crippen molar-refractivity contribution < 1.29 is 40.7 Å². The number of benzene rings is 1. The van der Waals surface area contributed by atoms with Gasteiger partial charge in [-0.1, -0.05) is 62.9 Å². The molecule has 0 aliphatic carbocycles. The summed E-state index contributed by atoms with van der Waals surface area (Å²) in [7, 11) is 0. The number of nitrogens with one attached hydrogen (secondary N) is 1. The highest BCUT2D eigenvalue weighted by Gasteiger charge is 2.32. The molecule has 2 rings (SSSR count). The number of alkyl halides is 6. The summed E-state index contributed by atoms with van der Waals surface area (Å²) in [4.78, 5) is 0. The van der Waals surface area contributed by atoms with Crippen molar-refractivity contribution in [1.82, 2.24) is 5.16 Å². The van der Waals surface area contributed by atoms with Crippen molar-refractivity contribution in [3.05, 3.63) is 40.5 Å². The second-order valence-corrected chi connectivity index (χ2v) is 8.98. The molecule has 0 aliphatic heterocycles. The lowest BCUT2D eigenvalue weighted by Crippen LogP contribution is -2.20. The van der Waals surface area contributed by atoms with Crippen LogP contribution < -0.4 is 10.1 Å². The highest BCUT2D eigenvalue weighted by Crippen LogP contribution is 2.32. The topological polar surface area (TPSA) is 67.5 Å². The standard InChI is InChI=1S/C15H25F3N2O.C9H8ClF3O2/c1-4-6-12(8-7-11(3)5-2)13-9-14(21-20-13)19-10-15(16,17)18;1-5(14)6-2-3-8(7(10)4-6)15-9(11,12)13/h9,11-12,19H,4-8,10H2,1-3H3;2-5,14H,1H3. The molecule has 12 heteroatoms. The largest absolute Gasteiger partial charge is 0.573 e. The zero-order chi connectivity index (χ0) is 27.5. The molecule has 0 saturated carbocycles. The van der Waals surface area contributed by atoms with E-state index in [9.17, 15) is 26.3 Å². The number of aliphatic hydroxyl groups is 1. The first-order valence-electron chi connectivity index (χ1n) is 11.7. The van der Waals surface area contributed by atoms with Crippen LogP contribution in [0.15, 0.2) is 28.8 Å². The smallest absolute Gasteiger partial charge is 0.404 e. The number of ether oxygens (including phenoxy) is 1. The number of anilines is 1. The van der Waals surface area contributed by atoms with E-state index in [1.807, 2.05) is 0 Å². The van der Waals surface area contributed by atoms with Crippen molar-refractivity contribution in [2.45, 2.75) is 84.4 Å². The molecule has 0 aliphatic rings. The molecular weight excluding hydrogens is 514 g/mol. The molecule has 0 spiro atoms. The fourth-order valence-electron chi connectivity index (χ4n) is 3.21. The average Bonchev–Trinajstić information content (AvgIpc) is 3.24. The first-order chi connectivity index (χ1) is 16.6. The van der Waals surface area contributed by atoms with Gasteiger partial charge in [0.1, 0.15) is 12.3 Å². The molecule has 5 nitrogen and oxygen atoms in total. The van der Waals surface area contributed by atoms with E-state index in [1.54, 1.807) is 6.07 Å². The third-order valence-electron chi connectivity index (χ3n) is 5.42. The maximum absolute atomic E-state index is 12.2. The van der Waals surface area contributed by atoms with E-state index < -0.39 is 30.9 Å². The highest BCUT2D eigenvalue weighted by atomic mass is 35.5. The Morgan fingerprint density at radius 2 is 1.72 bits per heavy atom. The molecule has 2 aromatic rings. The Hall–Kier alpha value is -2.14. The van der Waals surface area contributed by atoms with Crippen molar-refractivity contribution in [2.24, 2.45) is 5.92 Å². The van der Waals surface area contributed by atoms with Crippen LogP contribution in [0.25, 0.3) is 0 Å². The lowest BCUT2D eigenvalue weighted by atomic mass is 9.90. The predicted octanol–water partition coefficient (Wildman–Crippen LogP) is 8.65. The van der Waals surface area contributed by atoms with Crippen LogP contribution in [0.2, 0.25) is 5.02 Å². The van der Waals surface area contributed by atoms with Gasteiger partial charge in [0.25, 0.3) is 0 Å². The highest BCUT2D eigenvalue weighted by molar-refractivity contribution is 6.32. The molecule has 0 fully saturated rings. The van der Waals surface area contributed by atoms with Crippen LogP contribution in [0, 0.1) is 5.92 Å². The van der Waals surface area contributed by atoms with Gasteiger partial charge >= 0.3 is 12.5 Å². The average molecular weight is 547 g/mol. The molecule has 2 N–H and O–H groups in total. The lowest BCUT2D eigenvalue weighted by Gasteiger charge is -2.15. The molecule has 206 valence electrons. The van der Waals surface area contributed by atoms with Gasteiger partial charge in [0.15, 0.2) is 0 Å². The second kappa shape index (κ2) is 14.6. The third kappa shape index (κ3) is 12.7. The van der Waals surface area contributed by atoms with Crippen molar-refractivity contribution >= 4 is 17.5 Å². The molecule has 0 radical (unpaired) electrons. The number of aliphatic hydroxyl groups excluding tert-OH is 1. The summed E-state index contributed by atoms with van der Waals surface area (Å²) in [5.41, 5.74) is 1.18. The maximum Gasteiger partial charge on any atom is 0.573 e. The number of hydrogen-bond acceptors (Lipinski definition) is 5. The number of nitrogens with zero attached hydrogens (tertiary/aromatic N) is 1. The Kier molecular flexibility index (Phi) is 12.9. The maximum atomic E-state index is 12.2. The van der Waals surface area contributed by atoms with Gasteiger partial charge in [-0.2, -0.15) is 13.2 Å². The summed E-state index contributed by atoms with van der Waals surface area (Å²) < 4.78 is 80.6. The van der Waals surface area contributed by atoms with Crippen molar-refractivity contribution in [2.75, 3.05) is 11.9 Å². The van der Waals surface area contributed by atoms with Gasteiger partial charge in [-0.3, -0.25) is 0 Å². The summed E-state index contributed by atoms with van der Waals surface area (Å²) in [5.74, 6) is 0.522. The molecule has 3 atom stereocenters. The molecule has 3 unspecified atom stereocenters. The molecule has 0 saturated heterocycles. The summed E-state index contributed by atoms with van der Waals surface area (Å²) in [6.07, 6.45) is -4.60. The first-order valence-corrected chi connectivity index (χ1v) is 12.0. The number of hydrogen-bond donors (Lipinski definition) is 2. The van der Waals surface area contributed by atoms with Gasteiger partial charge in [-0.05, 0) is 43.4 Å². The molecule has 1 heterocycles. The SMILES string of the molecule is CC(O)c1ccc(OC(F)(F)F)c(Cl)c1.CCCC(CCC(C)CC)c1cc(NCC(F)(F)F)on1. The summed E-state index contributed by atoms with van der Waals surface area (Å²) in [6, 6.07) is 5.21. The van der Waals surface area contributed by atoms with Gasteiger partial charge in [0.2, 0.25) is 5.88 Å². The third-order valence-corrected chi connectivity index (χ3v) is 5.71. The Balaban J connectivity index is 0.000000381. The van der Waals surface area contributed by atoms with E-state index in [0.29, 0.717) is 11.5 Å².